The maximum absolute atomic E-state index is 12.8. The molecule has 0 N–H and O–H groups in total. The van der Waals surface area contributed by atoms with E-state index in [1.807, 2.05) is 13.8 Å². The molecule has 5 nitrogen and oxygen atoms in total. The van der Waals surface area contributed by atoms with E-state index in [2.05, 4.69) is 0 Å². The molecule has 0 aromatic rings. The van der Waals surface area contributed by atoms with Crippen molar-refractivity contribution in [2.24, 2.45) is 17.3 Å². The van der Waals surface area contributed by atoms with Gasteiger partial charge < -0.3 is 9.47 Å². The third-order valence-corrected chi connectivity index (χ3v) is 5.16. The Morgan fingerprint density at radius 3 is 2.17 bits per heavy atom. The summed E-state index contributed by atoms with van der Waals surface area (Å²) >= 11 is 0. The molecule has 0 amide bonds. The summed E-state index contributed by atoms with van der Waals surface area (Å²) in [6.07, 6.45) is 1.74. The van der Waals surface area contributed by atoms with Crippen LogP contribution in [0.25, 0.3) is 0 Å². The van der Waals surface area contributed by atoms with E-state index in [0.29, 0.717) is 19.3 Å². The van der Waals surface area contributed by atoms with Gasteiger partial charge in [0, 0.05) is 12.3 Å². The molecule has 0 unspecified atom stereocenters. The van der Waals surface area contributed by atoms with Crippen molar-refractivity contribution in [2.45, 2.75) is 53.4 Å². The number of ether oxygens (including phenoxy) is 2. The van der Waals surface area contributed by atoms with E-state index in [1.165, 1.54) is 0 Å². The number of rotatable bonds is 4. The summed E-state index contributed by atoms with van der Waals surface area (Å²) in [6, 6.07) is 0. The summed E-state index contributed by atoms with van der Waals surface area (Å²) in [5.41, 5.74) is 0.615. The number of allylic oxidation sites excluding steroid dienone is 2. The third-order valence-electron chi connectivity index (χ3n) is 5.16. The molecule has 2 fully saturated rings. The highest BCUT2D eigenvalue weighted by molar-refractivity contribution is 6.02. The molecule has 0 aromatic carbocycles. The monoisotopic (exact) mass is 322 g/mol. The summed E-state index contributed by atoms with van der Waals surface area (Å²) in [4.78, 5) is 37.8. The van der Waals surface area contributed by atoms with Crippen molar-refractivity contribution < 1.29 is 23.9 Å². The van der Waals surface area contributed by atoms with Crippen molar-refractivity contribution in [2.75, 3.05) is 13.2 Å². The SMILES string of the molecule is CCOC(=O)C1(C(=O)OCC)CC(=C(C)C)[C@@H]2C[C@H]1CCC2=O. The van der Waals surface area contributed by atoms with Crippen molar-refractivity contribution in [3.05, 3.63) is 11.1 Å². The molecule has 2 rings (SSSR count). The molecule has 0 aliphatic heterocycles. The molecule has 2 bridgehead atoms. The number of carbonyl (C=O) groups is 3. The third kappa shape index (κ3) is 2.93. The first-order chi connectivity index (χ1) is 10.9. The minimum atomic E-state index is -1.30. The van der Waals surface area contributed by atoms with E-state index in [-0.39, 0.29) is 37.3 Å². The van der Waals surface area contributed by atoms with Crippen LogP contribution in [-0.4, -0.2) is 30.9 Å². The largest absolute Gasteiger partial charge is 0.465 e. The smallest absolute Gasteiger partial charge is 0.324 e. The van der Waals surface area contributed by atoms with Gasteiger partial charge in [-0.3, -0.25) is 14.4 Å². The highest BCUT2D eigenvalue weighted by Gasteiger charge is 2.60. The normalized spacial score (nSPS) is 25.7. The highest BCUT2D eigenvalue weighted by atomic mass is 16.6. The predicted molar refractivity (Wildman–Crippen MR) is 84.5 cm³/mol. The van der Waals surface area contributed by atoms with Gasteiger partial charge in [0.1, 0.15) is 5.78 Å². The molecular formula is C18H26O5. The Balaban J connectivity index is 2.52. The van der Waals surface area contributed by atoms with Gasteiger partial charge >= 0.3 is 11.9 Å². The van der Waals surface area contributed by atoms with Crippen molar-refractivity contribution in [1.82, 2.24) is 0 Å². The molecule has 2 aliphatic rings. The molecule has 0 spiro atoms. The Kier molecular flexibility index (Phi) is 5.27. The van der Waals surface area contributed by atoms with Gasteiger partial charge in [-0.05, 0) is 52.9 Å². The zero-order valence-corrected chi connectivity index (χ0v) is 14.4. The topological polar surface area (TPSA) is 69.7 Å². The van der Waals surface area contributed by atoms with Crippen LogP contribution in [0.1, 0.15) is 53.4 Å². The Morgan fingerprint density at radius 2 is 1.70 bits per heavy atom. The van der Waals surface area contributed by atoms with Gasteiger partial charge in [0.05, 0.1) is 13.2 Å². The molecule has 128 valence electrons. The van der Waals surface area contributed by atoms with E-state index in [4.69, 9.17) is 9.47 Å². The molecule has 0 radical (unpaired) electrons. The summed E-state index contributed by atoms with van der Waals surface area (Å²) in [5, 5.41) is 0. The van der Waals surface area contributed by atoms with Crippen molar-refractivity contribution >= 4 is 17.7 Å². The second-order valence-corrected chi connectivity index (χ2v) is 6.60. The van der Waals surface area contributed by atoms with E-state index >= 15 is 0 Å². The average Bonchev–Trinajstić information content (AvgIpc) is 2.51. The minimum absolute atomic E-state index is 0.157. The quantitative estimate of drug-likeness (QED) is 0.452. The van der Waals surface area contributed by atoms with Crippen LogP contribution in [0.2, 0.25) is 0 Å². The molecule has 5 heteroatoms. The van der Waals surface area contributed by atoms with E-state index in [0.717, 1.165) is 11.1 Å². The van der Waals surface area contributed by atoms with Gasteiger partial charge in [-0.25, -0.2) is 0 Å². The first-order valence-electron chi connectivity index (χ1n) is 8.41. The van der Waals surface area contributed by atoms with Crippen LogP contribution in [0.5, 0.6) is 0 Å². The van der Waals surface area contributed by atoms with Crippen molar-refractivity contribution in [3.63, 3.8) is 0 Å². The lowest BCUT2D eigenvalue weighted by Gasteiger charge is -2.46. The molecular weight excluding hydrogens is 296 g/mol. The Morgan fingerprint density at radius 1 is 1.13 bits per heavy atom. The molecule has 2 atom stereocenters. The van der Waals surface area contributed by atoms with Crippen LogP contribution < -0.4 is 0 Å². The number of hydrogen-bond donors (Lipinski definition) is 0. The van der Waals surface area contributed by atoms with Crippen LogP contribution in [0.4, 0.5) is 0 Å². The van der Waals surface area contributed by atoms with Gasteiger partial charge in [-0.2, -0.15) is 0 Å². The molecule has 0 saturated heterocycles. The number of fused-ring (bicyclic) bond motifs is 2. The van der Waals surface area contributed by atoms with Gasteiger partial charge in [0.25, 0.3) is 0 Å². The zero-order chi connectivity index (χ0) is 17.2. The summed E-state index contributed by atoms with van der Waals surface area (Å²) in [7, 11) is 0. The van der Waals surface area contributed by atoms with Gasteiger partial charge in [-0.15, -0.1) is 0 Å². The summed E-state index contributed by atoms with van der Waals surface area (Å²) in [6.45, 7) is 7.76. The highest BCUT2D eigenvalue weighted by Crippen LogP contribution is 2.53. The van der Waals surface area contributed by atoms with Crippen LogP contribution in [0.15, 0.2) is 11.1 Å². The van der Waals surface area contributed by atoms with Gasteiger partial charge in [-0.1, -0.05) is 11.1 Å². The fourth-order valence-corrected chi connectivity index (χ4v) is 3.98. The number of carbonyl (C=O) groups excluding carboxylic acids is 3. The lowest BCUT2D eigenvalue weighted by atomic mass is 9.55. The second kappa shape index (κ2) is 6.85. The molecule has 23 heavy (non-hydrogen) atoms. The summed E-state index contributed by atoms with van der Waals surface area (Å²) in [5.74, 6) is -1.13. The number of Topliss-reactive ketones (excluding diaryl/α,β-unsaturated/α-hetero) is 1. The lowest BCUT2D eigenvalue weighted by molar-refractivity contribution is -0.181. The maximum atomic E-state index is 12.8. The Hall–Kier alpha value is -1.65. The van der Waals surface area contributed by atoms with Crippen LogP contribution >= 0.6 is 0 Å². The second-order valence-electron chi connectivity index (χ2n) is 6.60. The number of esters is 2. The lowest BCUT2D eigenvalue weighted by Crippen LogP contribution is -2.54. The van der Waals surface area contributed by atoms with E-state index in [1.54, 1.807) is 13.8 Å². The summed E-state index contributed by atoms with van der Waals surface area (Å²) < 4.78 is 10.5. The predicted octanol–water partition coefficient (Wildman–Crippen LogP) is 2.82. The van der Waals surface area contributed by atoms with E-state index < -0.39 is 17.4 Å². The van der Waals surface area contributed by atoms with Crippen molar-refractivity contribution in [3.8, 4) is 0 Å². The fourth-order valence-electron chi connectivity index (χ4n) is 3.98. The first kappa shape index (κ1) is 17.7. The minimum Gasteiger partial charge on any atom is -0.465 e. The average molecular weight is 322 g/mol. The Labute approximate surface area is 137 Å². The Bertz CT molecular complexity index is 524. The van der Waals surface area contributed by atoms with Crippen LogP contribution in [0, 0.1) is 17.3 Å². The maximum Gasteiger partial charge on any atom is 0.324 e. The van der Waals surface area contributed by atoms with Gasteiger partial charge in [0.15, 0.2) is 5.41 Å². The fraction of sp³-hybridized carbons (Fsp3) is 0.722. The molecule has 2 saturated carbocycles. The molecule has 0 aromatic heterocycles. The van der Waals surface area contributed by atoms with Crippen LogP contribution in [0.3, 0.4) is 0 Å². The first-order valence-corrected chi connectivity index (χ1v) is 8.41. The molecule has 0 heterocycles. The number of ketones is 1. The van der Waals surface area contributed by atoms with E-state index in [9.17, 15) is 14.4 Å². The zero-order valence-electron chi connectivity index (χ0n) is 14.4. The standard InChI is InChI=1S/C18H26O5/c1-5-22-16(20)18(17(21)23-6-2)10-14(11(3)4)13-9-12(18)7-8-15(13)19/h12-13H,5-10H2,1-4H3/t12-,13+/m1/s1. The number of hydrogen-bond acceptors (Lipinski definition) is 5. The van der Waals surface area contributed by atoms with Crippen LogP contribution in [-0.2, 0) is 23.9 Å². The molecule has 2 aliphatic carbocycles. The van der Waals surface area contributed by atoms with Gasteiger partial charge in [0.2, 0.25) is 0 Å². The van der Waals surface area contributed by atoms with Crippen molar-refractivity contribution in [1.29, 1.82) is 0 Å².